The molecule has 1 atom stereocenters. The van der Waals surface area contributed by atoms with Gasteiger partial charge in [0.15, 0.2) is 0 Å². The zero-order chi connectivity index (χ0) is 29.3. The number of anilines is 1. The molecule has 0 bridgehead atoms. The number of hydrogen-bond donors (Lipinski definition) is 2. The van der Waals surface area contributed by atoms with Gasteiger partial charge >= 0.3 is 0 Å². The van der Waals surface area contributed by atoms with Crippen molar-refractivity contribution < 1.29 is 9.59 Å². The highest BCUT2D eigenvalue weighted by atomic mass is 35.5. The number of hydrogen-bond acceptors (Lipinski definition) is 5. The molecule has 2 N–H and O–H groups in total. The van der Waals surface area contributed by atoms with Crippen molar-refractivity contribution in [1.29, 1.82) is 0 Å². The Hall–Kier alpha value is -4.24. The van der Waals surface area contributed by atoms with Crippen LogP contribution < -0.4 is 16.2 Å². The average molecular weight is 573 g/mol. The van der Waals surface area contributed by atoms with E-state index in [-0.39, 0.29) is 35.4 Å². The predicted molar refractivity (Wildman–Crippen MR) is 159 cm³/mol. The minimum atomic E-state index is -0.869. The molecule has 1 aliphatic rings. The summed E-state index contributed by atoms with van der Waals surface area (Å²) < 4.78 is 3.19. The molecule has 1 saturated carbocycles. The maximum absolute atomic E-state index is 13.8. The van der Waals surface area contributed by atoms with Gasteiger partial charge in [-0.3, -0.25) is 19.1 Å². The number of benzene rings is 1. The molecule has 0 radical (unpaired) electrons. The number of nitrogens with zero attached hydrogens (tertiary/aromatic N) is 4. The Labute approximate surface area is 243 Å². The standard InChI is InChI=1S/C31H33ClN6O3/c1-18(2)23-9-7-20(32)13-24(23)25-15-29(39)38(17-26(25)19-5-6-19)28(14-21-11-12-37(4)36-21)31(41)35-22-8-10-27(34-16-22)30(40)33-3/h7-13,15-19,28H,5-6,14H2,1-4H3,(H,33,40)(H,35,41). The highest BCUT2D eigenvalue weighted by molar-refractivity contribution is 6.30. The van der Waals surface area contributed by atoms with Gasteiger partial charge in [-0.15, -0.1) is 0 Å². The van der Waals surface area contributed by atoms with Crippen LogP contribution in [0.4, 0.5) is 5.69 Å². The maximum atomic E-state index is 13.8. The Balaban J connectivity index is 1.56. The van der Waals surface area contributed by atoms with Gasteiger partial charge in [0.25, 0.3) is 11.5 Å². The third-order valence-corrected chi connectivity index (χ3v) is 7.59. The summed E-state index contributed by atoms with van der Waals surface area (Å²) >= 11 is 6.41. The molecule has 1 unspecified atom stereocenters. The quantitative estimate of drug-likeness (QED) is 0.290. The van der Waals surface area contributed by atoms with Crippen molar-refractivity contribution in [2.75, 3.05) is 12.4 Å². The third-order valence-electron chi connectivity index (χ3n) is 7.36. The fourth-order valence-corrected chi connectivity index (χ4v) is 5.24. The first-order valence-electron chi connectivity index (χ1n) is 13.7. The Morgan fingerprint density at radius 3 is 2.49 bits per heavy atom. The lowest BCUT2D eigenvalue weighted by molar-refractivity contribution is -0.119. The van der Waals surface area contributed by atoms with Crippen LogP contribution >= 0.6 is 11.6 Å². The highest BCUT2D eigenvalue weighted by Crippen LogP contribution is 2.45. The van der Waals surface area contributed by atoms with Gasteiger partial charge in [0, 0.05) is 44.0 Å². The van der Waals surface area contributed by atoms with Gasteiger partial charge in [0.2, 0.25) is 5.91 Å². The summed E-state index contributed by atoms with van der Waals surface area (Å²) in [5.41, 5.74) is 5.01. The monoisotopic (exact) mass is 572 g/mol. The van der Waals surface area contributed by atoms with E-state index in [2.05, 4.69) is 34.6 Å². The fraction of sp³-hybridized carbons (Fsp3) is 0.323. The Morgan fingerprint density at radius 2 is 1.88 bits per heavy atom. The Kier molecular flexibility index (Phi) is 8.08. The van der Waals surface area contributed by atoms with E-state index < -0.39 is 6.04 Å². The first kappa shape index (κ1) is 28.3. The van der Waals surface area contributed by atoms with E-state index in [1.807, 2.05) is 37.5 Å². The second-order valence-corrected chi connectivity index (χ2v) is 11.2. The van der Waals surface area contributed by atoms with Crippen molar-refractivity contribution in [3.8, 4) is 11.1 Å². The van der Waals surface area contributed by atoms with Crippen LogP contribution in [0.1, 0.15) is 71.9 Å². The SMILES string of the molecule is CNC(=O)c1ccc(NC(=O)C(Cc2ccn(C)n2)n2cc(C3CC3)c(-c3cc(Cl)ccc3C(C)C)cc2=O)cn1. The molecule has 0 aliphatic heterocycles. The minimum Gasteiger partial charge on any atom is -0.354 e. The number of aryl methyl sites for hydroxylation is 1. The van der Waals surface area contributed by atoms with E-state index in [0.717, 1.165) is 35.1 Å². The Bertz CT molecular complexity index is 1650. The molecular formula is C31H33ClN6O3. The van der Waals surface area contributed by atoms with E-state index in [0.29, 0.717) is 22.3 Å². The van der Waals surface area contributed by atoms with Gasteiger partial charge in [0.1, 0.15) is 11.7 Å². The summed E-state index contributed by atoms with van der Waals surface area (Å²) in [7, 11) is 3.33. The van der Waals surface area contributed by atoms with Crippen molar-refractivity contribution in [3.05, 3.63) is 98.9 Å². The molecule has 4 aromatic rings. The van der Waals surface area contributed by atoms with E-state index >= 15 is 0 Å². The van der Waals surface area contributed by atoms with Gasteiger partial charge in [0.05, 0.1) is 17.6 Å². The predicted octanol–water partition coefficient (Wildman–Crippen LogP) is 5.08. The largest absolute Gasteiger partial charge is 0.354 e. The summed E-state index contributed by atoms with van der Waals surface area (Å²) in [4.78, 5) is 43.6. The van der Waals surface area contributed by atoms with Crippen molar-refractivity contribution >= 4 is 29.1 Å². The van der Waals surface area contributed by atoms with Crippen molar-refractivity contribution in [1.82, 2.24) is 24.6 Å². The molecule has 1 aromatic carbocycles. The highest BCUT2D eigenvalue weighted by Gasteiger charge is 2.31. The number of nitrogens with one attached hydrogen (secondary N) is 2. The van der Waals surface area contributed by atoms with Crippen LogP contribution in [-0.2, 0) is 18.3 Å². The molecule has 0 spiro atoms. The molecule has 1 aliphatic carbocycles. The molecule has 3 heterocycles. The maximum Gasteiger partial charge on any atom is 0.269 e. The third kappa shape index (κ3) is 6.25. The van der Waals surface area contributed by atoms with Crippen LogP contribution in [0.2, 0.25) is 5.02 Å². The first-order chi connectivity index (χ1) is 19.6. The number of rotatable bonds is 9. The summed E-state index contributed by atoms with van der Waals surface area (Å²) in [5.74, 6) is -0.165. The van der Waals surface area contributed by atoms with E-state index in [9.17, 15) is 14.4 Å². The number of amides is 2. The van der Waals surface area contributed by atoms with Crippen LogP contribution in [0.15, 0.2) is 65.8 Å². The lowest BCUT2D eigenvalue weighted by atomic mass is 9.89. The zero-order valence-electron chi connectivity index (χ0n) is 23.5. The number of aromatic nitrogens is 4. The summed E-state index contributed by atoms with van der Waals surface area (Å²) in [6.07, 6.45) is 7.33. The van der Waals surface area contributed by atoms with Gasteiger partial charge < -0.3 is 15.2 Å². The minimum absolute atomic E-state index is 0.216. The van der Waals surface area contributed by atoms with Crippen LogP contribution in [0.25, 0.3) is 11.1 Å². The molecule has 5 rings (SSSR count). The summed E-state index contributed by atoms with van der Waals surface area (Å²) in [6, 6.07) is 11.6. The van der Waals surface area contributed by atoms with Crippen LogP contribution in [-0.4, -0.2) is 38.2 Å². The first-order valence-corrected chi connectivity index (χ1v) is 14.1. The number of halogens is 1. The smallest absolute Gasteiger partial charge is 0.269 e. The van der Waals surface area contributed by atoms with Crippen molar-refractivity contribution in [2.45, 2.75) is 51.0 Å². The molecule has 9 nitrogen and oxygen atoms in total. The molecule has 41 heavy (non-hydrogen) atoms. The molecule has 0 saturated heterocycles. The molecule has 212 valence electrons. The van der Waals surface area contributed by atoms with Gasteiger partial charge in [-0.1, -0.05) is 31.5 Å². The fourth-order valence-electron chi connectivity index (χ4n) is 5.07. The second kappa shape index (κ2) is 11.7. The lowest BCUT2D eigenvalue weighted by Crippen LogP contribution is -2.35. The summed E-state index contributed by atoms with van der Waals surface area (Å²) in [6.45, 7) is 4.24. The van der Waals surface area contributed by atoms with Crippen molar-refractivity contribution in [2.24, 2.45) is 7.05 Å². The average Bonchev–Trinajstić information content (AvgIpc) is 3.72. The topological polar surface area (TPSA) is 111 Å². The number of carbonyl (C=O) groups is 2. The van der Waals surface area contributed by atoms with Crippen LogP contribution in [0.3, 0.4) is 0 Å². The van der Waals surface area contributed by atoms with Crippen LogP contribution in [0.5, 0.6) is 0 Å². The van der Waals surface area contributed by atoms with Crippen molar-refractivity contribution in [3.63, 3.8) is 0 Å². The van der Waals surface area contributed by atoms with Gasteiger partial charge in [-0.25, -0.2) is 4.98 Å². The van der Waals surface area contributed by atoms with E-state index in [4.69, 9.17) is 11.6 Å². The lowest BCUT2D eigenvalue weighted by Gasteiger charge is -2.22. The number of pyridine rings is 2. The number of carbonyl (C=O) groups excluding carboxylic acids is 2. The van der Waals surface area contributed by atoms with Crippen LogP contribution in [0, 0.1) is 0 Å². The molecule has 1 fully saturated rings. The van der Waals surface area contributed by atoms with Gasteiger partial charge in [-0.05, 0) is 77.3 Å². The molecular weight excluding hydrogens is 540 g/mol. The van der Waals surface area contributed by atoms with Gasteiger partial charge in [-0.2, -0.15) is 5.10 Å². The molecule has 10 heteroatoms. The van der Waals surface area contributed by atoms with E-state index in [1.54, 1.807) is 23.0 Å². The summed E-state index contributed by atoms with van der Waals surface area (Å²) in [5, 5.41) is 10.5. The molecule has 3 aromatic heterocycles. The zero-order valence-corrected chi connectivity index (χ0v) is 24.3. The molecule has 2 amide bonds. The second-order valence-electron chi connectivity index (χ2n) is 10.7. The Morgan fingerprint density at radius 1 is 1.10 bits per heavy atom. The van der Waals surface area contributed by atoms with E-state index in [1.165, 1.54) is 23.9 Å². The normalized spacial score (nSPS) is 13.7.